The van der Waals surface area contributed by atoms with Crippen LogP contribution in [0.15, 0.2) is 48.5 Å². The number of nitrogens with zero attached hydrogens (tertiary/aromatic N) is 1. The molecule has 3 nitrogen and oxygen atoms in total. The number of carboxylic acid groups (broad SMARTS) is 1. The molecule has 3 heteroatoms. The second-order valence-electron chi connectivity index (χ2n) is 9.93. The molecule has 0 aliphatic heterocycles. The van der Waals surface area contributed by atoms with Gasteiger partial charge in [-0.25, -0.2) is 0 Å². The van der Waals surface area contributed by atoms with Gasteiger partial charge in [-0.3, -0.25) is 4.79 Å². The molecule has 1 N–H and O–H groups in total. The number of carboxylic acids is 1. The standard InChI is InChI=1S/C29H43NO2/c1-7-30(8-2)19-9-18-29(28(31)32,26-14-10-24(11-15-26)20-22(3)4)27-16-12-25(13-17-27)21-23(5)6/h10-17,22-23H,7-9,18-21H2,1-6H3,(H,31,32). The van der Waals surface area contributed by atoms with Gasteiger partial charge in [-0.1, -0.05) is 90.1 Å². The fourth-order valence-corrected chi connectivity index (χ4v) is 4.71. The summed E-state index contributed by atoms with van der Waals surface area (Å²) in [6.07, 6.45) is 3.44. The Bertz CT molecular complexity index is 764. The van der Waals surface area contributed by atoms with Crippen molar-refractivity contribution in [2.75, 3.05) is 19.6 Å². The maximum Gasteiger partial charge on any atom is 0.318 e. The van der Waals surface area contributed by atoms with Crippen molar-refractivity contribution in [1.29, 1.82) is 0 Å². The first kappa shape index (κ1) is 26.1. The van der Waals surface area contributed by atoms with Gasteiger partial charge in [-0.05, 0) is 79.4 Å². The van der Waals surface area contributed by atoms with Crippen molar-refractivity contribution >= 4 is 5.97 Å². The number of rotatable bonds is 13. The molecule has 2 aromatic rings. The smallest absolute Gasteiger partial charge is 0.318 e. The zero-order valence-electron chi connectivity index (χ0n) is 21.0. The van der Waals surface area contributed by atoms with Gasteiger partial charge in [0.15, 0.2) is 0 Å². The van der Waals surface area contributed by atoms with Crippen molar-refractivity contribution in [3.63, 3.8) is 0 Å². The molecule has 0 atom stereocenters. The number of hydrogen-bond acceptors (Lipinski definition) is 2. The third-order valence-corrected chi connectivity index (χ3v) is 6.47. The summed E-state index contributed by atoms with van der Waals surface area (Å²) >= 11 is 0. The van der Waals surface area contributed by atoms with Crippen molar-refractivity contribution < 1.29 is 9.90 Å². The quantitative estimate of drug-likeness (QED) is 0.385. The Morgan fingerprint density at radius 2 is 1.22 bits per heavy atom. The first-order chi connectivity index (χ1) is 15.2. The van der Waals surface area contributed by atoms with E-state index in [4.69, 9.17) is 0 Å². The summed E-state index contributed by atoms with van der Waals surface area (Å²) in [5.41, 5.74) is 3.26. The lowest BCUT2D eigenvalue weighted by molar-refractivity contribution is -0.142. The first-order valence-electron chi connectivity index (χ1n) is 12.4. The van der Waals surface area contributed by atoms with E-state index in [2.05, 4.69) is 70.7 Å². The van der Waals surface area contributed by atoms with Crippen molar-refractivity contribution in [3.05, 3.63) is 70.8 Å². The van der Waals surface area contributed by atoms with Crippen LogP contribution < -0.4 is 0 Å². The molecule has 0 saturated carbocycles. The summed E-state index contributed by atoms with van der Waals surface area (Å²) in [4.78, 5) is 15.3. The summed E-state index contributed by atoms with van der Waals surface area (Å²) in [6.45, 7) is 16.1. The molecule has 0 fully saturated rings. The van der Waals surface area contributed by atoms with Gasteiger partial charge in [-0.15, -0.1) is 0 Å². The van der Waals surface area contributed by atoms with E-state index in [1.807, 2.05) is 24.3 Å². The molecule has 0 spiro atoms. The van der Waals surface area contributed by atoms with Crippen molar-refractivity contribution in [1.82, 2.24) is 4.90 Å². The van der Waals surface area contributed by atoms with Gasteiger partial charge in [0.25, 0.3) is 0 Å². The first-order valence-corrected chi connectivity index (χ1v) is 12.4. The van der Waals surface area contributed by atoms with Crippen LogP contribution >= 0.6 is 0 Å². The third kappa shape index (κ3) is 6.68. The highest BCUT2D eigenvalue weighted by atomic mass is 16.4. The lowest BCUT2D eigenvalue weighted by atomic mass is 9.70. The second-order valence-corrected chi connectivity index (χ2v) is 9.93. The van der Waals surface area contributed by atoms with Gasteiger partial charge >= 0.3 is 5.97 Å². The zero-order chi connectivity index (χ0) is 23.7. The Morgan fingerprint density at radius 1 is 0.812 bits per heavy atom. The van der Waals surface area contributed by atoms with E-state index < -0.39 is 11.4 Å². The average Bonchev–Trinajstić information content (AvgIpc) is 2.74. The summed E-state index contributed by atoms with van der Waals surface area (Å²) in [6, 6.07) is 16.7. The van der Waals surface area contributed by atoms with E-state index >= 15 is 0 Å². The minimum absolute atomic E-state index is 0.577. The molecule has 32 heavy (non-hydrogen) atoms. The predicted octanol–water partition coefficient (Wildman–Crippen LogP) is 6.58. The number of hydrogen-bond donors (Lipinski definition) is 1. The SMILES string of the molecule is CCN(CC)CCCC(C(=O)O)(c1ccc(CC(C)C)cc1)c1ccc(CC(C)C)cc1. The van der Waals surface area contributed by atoms with Gasteiger partial charge in [0.1, 0.15) is 5.41 Å². The molecule has 0 radical (unpaired) electrons. The van der Waals surface area contributed by atoms with Gasteiger partial charge in [0.05, 0.1) is 0 Å². The van der Waals surface area contributed by atoms with E-state index in [1.54, 1.807) is 0 Å². The predicted molar refractivity (Wildman–Crippen MR) is 135 cm³/mol. The fraction of sp³-hybridized carbons (Fsp3) is 0.552. The Labute approximate surface area is 195 Å². The van der Waals surface area contributed by atoms with E-state index in [0.29, 0.717) is 18.3 Å². The molecule has 0 aliphatic carbocycles. The molecule has 2 aromatic carbocycles. The zero-order valence-corrected chi connectivity index (χ0v) is 21.0. The highest BCUT2D eigenvalue weighted by molar-refractivity contribution is 5.86. The molecule has 0 bridgehead atoms. The number of carbonyl (C=O) groups is 1. The Hall–Kier alpha value is -2.13. The molecular formula is C29H43NO2. The monoisotopic (exact) mass is 437 g/mol. The molecule has 2 rings (SSSR count). The van der Waals surface area contributed by atoms with Crippen molar-refractivity contribution in [2.24, 2.45) is 11.8 Å². The molecule has 0 unspecified atom stereocenters. The van der Waals surface area contributed by atoms with E-state index in [-0.39, 0.29) is 0 Å². The minimum Gasteiger partial charge on any atom is -0.480 e. The van der Waals surface area contributed by atoms with Crippen LogP contribution in [0.3, 0.4) is 0 Å². The van der Waals surface area contributed by atoms with Gasteiger partial charge in [-0.2, -0.15) is 0 Å². The van der Waals surface area contributed by atoms with Crippen LogP contribution in [-0.4, -0.2) is 35.6 Å². The maximum absolute atomic E-state index is 12.9. The van der Waals surface area contributed by atoms with Crippen LogP contribution in [0.4, 0.5) is 0 Å². The van der Waals surface area contributed by atoms with E-state index in [1.165, 1.54) is 11.1 Å². The highest BCUT2D eigenvalue weighted by Crippen LogP contribution is 2.38. The Kier molecular flexibility index (Phi) is 9.96. The Balaban J connectivity index is 2.46. The van der Waals surface area contributed by atoms with Crippen LogP contribution in [0.2, 0.25) is 0 Å². The van der Waals surface area contributed by atoms with Crippen molar-refractivity contribution in [2.45, 2.75) is 72.6 Å². The van der Waals surface area contributed by atoms with E-state index in [9.17, 15) is 9.90 Å². The largest absolute Gasteiger partial charge is 0.480 e. The molecule has 0 heterocycles. The maximum atomic E-state index is 12.9. The normalized spacial score (nSPS) is 12.2. The summed E-state index contributed by atoms with van der Waals surface area (Å²) in [5.74, 6) is 0.394. The molecule has 0 aromatic heterocycles. The van der Waals surface area contributed by atoms with Crippen LogP contribution in [-0.2, 0) is 23.1 Å². The molecule has 0 amide bonds. The lowest BCUT2D eigenvalue weighted by Crippen LogP contribution is -2.38. The number of benzene rings is 2. The van der Waals surface area contributed by atoms with Crippen LogP contribution in [0.5, 0.6) is 0 Å². The van der Waals surface area contributed by atoms with Crippen LogP contribution in [0.1, 0.15) is 76.6 Å². The Morgan fingerprint density at radius 3 is 1.53 bits per heavy atom. The van der Waals surface area contributed by atoms with Gasteiger partial charge in [0, 0.05) is 0 Å². The summed E-state index contributed by atoms with van der Waals surface area (Å²) in [7, 11) is 0. The second kappa shape index (κ2) is 12.2. The van der Waals surface area contributed by atoms with Crippen molar-refractivity contribution in [3.8, 4) is 0 Å². The van der Waals surface area contributed by atoms with Crippen LogP contribution in [0.25, 0.3) is 0 Å². The number of aliphatic carboxylic acids is 1. The third-order valence-electron chi connectivity index (χ3n) is 6.47. The minimum atomic E-state index is -1.03. The lowest BCUT2D eigenvalue weighted by Gasteiger charge is -2.32. The molecule has 0 saturated heterocycles. The van der Waals surface area contributed by atoms with Gasteiger partial charge in [0.2, 0.25) is 0 Å². The fourth-order valence-electron chi connectivity index (χ4n) is 4.71. The topological polar surface area (TPSA) is 40.5 Å². The van der Waals surface area contributed by atoms with Gasteiger partial charge < -0.3 is 10.0 Å². The summed E-state index contributed by atoms with van der Waals surface area (Å²) < 4.78 is 0. The highest BCUT2D eigenvalue weighted by Gasteiger charge is 2.41. The van der Waals surface area contributed by atoms with Crippen LogP contribution in [0, 0.1) is 11.8 Å². The molecule has 176 valence electrons. The summed E-state index contributed by atoms with van der Waals surface area (Å²) in [5, 5.41) is 10.6. The average molecular weight is 438 g/mol. The molecular weight excluding hydrogens is 394 g/mol. The molecule has 0 aliphatic rings. The van der Waals surface area contributed by atoms with E-state index in [0.717, 1.165) is 50.0 Å².